The molecule has 25 heavy (non-hydrogen) atoms. The van der Waals surface area contributed by atoms with Gasteiger partial charge in [-0.1, -0.05) is 19.1 Å². The number of benzene rings is 1. The lowest BCUT2D eigenvalue weighted by atomic mass is 10.2. The fourth-order valence-electron chi connectivity index (χ4n) is 3.43. The van der Waals surface area contributed by atoms with E-state index in [4.69, 9.17) is 0 Å². The summed E-state index contributed by atoms with van der Waals surface area (Å²) in [5.74, 6) is -0.273. The molecule has 1 atom stereocenters. The average molecular weight is 344 g/mol. The van der Waals surface area contributed by atoms with E-state index in [2.05, 4.69) is 22.2 Å². The molecule has 1 aromatic carbocycles. The van der Waals surface area contributed by atoms with Gasteiger partial charge in [0.25, 0.3) is 11.1 Å². The summed E-state index contributed by atoms with van der Waals surface area (Å²) in [6, 6.07) is 6.93. The molecule has 1 unspecified atom stereocenters. The number of likely N-dealkylation sites (tertiary alicyclic amines) is 1. The number of aromatic nitrogens is 2. The zero-order chi connectivity index (χ0) is 17.8. The molecular weight excluding hydrogens is 320 g/mol. The highest BCUT2D eigenvalue weighted by atomic mass is 16.2. The van der Waals surface area contributed by atoms with Gasteiger partial charge in [-0.2, -0.15) is 0 Å². The minimum Gasteiger partial charge on any atom is -0.353 e. The Morgan fingerprint density at radius 3 is 2.56 bits per heavy atom. The maximum atomic E-state index is 12.4. The minimum absolute atomic E-state index is 0.185. The van der Waals surface area contributed by atoms with Gasteiger partial charge in [-0.15, -0.1) is 0 Å². The number of nitrogens with one attached hydrogen (secondary N) is 2. The van der Waals surface area contributed by atoms with Crippen molar-refractivity contribution in [2.24, 2.45) is 0 Å². The van der Waals surface area contributed by atoms with Gasteiger partial charge in [0.05, 0.1) is 10.8 Å². The van der Waals surface area contributed by atoms with Gasteiger partial charge in [0.15, 0.2) is 0 Å². The molecule has 3 rings (SSSR count). The Morgan fingerprint density at radius 1 is 1.20 bits per heavy atom. The van der Waals surface area contributed by atoms with Crippen LogP contribution in [0.15, 0.2) is 33.9 Å². The Balaban J connectivity index is 1.69. The van der Waals surface area contributed by atoms with Crippen molar-refractivity contribution < 1.29 is 4.79 Å². The number of rotatable bonds is 6. The van der Waals surface area contributed by atoms with Crippen LogP contribution in [0.25, 0.3) is 10.8 Å². The van der Waals surface area contributed by atoms with Crippen molar-refractivity contribution in [1.29, 1.82) is 0 Å². The Kier molecular flexibility index (Phi) is 5.33. The number of carbonyl (C=O) groups excluding carboxylic acids is 1. The summed E-state index contributed by atoms with van der Waals surface area (Å²) in [6.07, 6.45) is 3.38. The summed E-state index contributed by atoms with van der Waals surface area (Å²) in [5, 5.41) is 6.03. The van der Waals surface area contributed by atoms with Crippen molar-refractivity contribution in [2.45, 2.75) is 38.8 Å². The molecule has 7 nitrogen and oxygen atoms in total. The van der Waals surface area contributed by atoms with E-state index in [0.29, 0.717) is 23.4 Å². The summed E-state index contributed by atoms with van der Waals surface area (Å²) in [4.78, 5) is 39.1. The van der Waals surface area contributed by atoms with Crippen LogP contribution >= 0.6 is 0 Å². The molecule has 1 aromatic heterocycles. The van der Waals surface area contributed by atoms with Gasteiger partial charge in [-0.05, 0) is 44.5 Å². The minimum atomic E-state index is -0.369. The highest BCUT2D eigenvalue weighted by molar-refractivity contribution is 5.81. The number of hydrogen-bond acceptors (Lipinski definition) is 4. The standard InChI is InChI=1S/C18H24N4O3/c1-2-13(21-9-5-6-10-21)11-19-16(23)12-22-18(25)15-8-4-3-7-14(15)17(24)20-22/h3-4,7-8,13H,2,5-6,9-12H2,1H3,(H,19,23)(H,20,24). The van der Waals surface area contributed by atoms with Crippen molar-refractivity contribution >= 4 is 16.7 Å². The monoisotopic (exact) mass is 344 g/mol. The van der Waals surface area contributed by atoms with Crippen molar-refractivity contribution in [3.05, 3.63) is 45.0 Å². The number of nitrogens with zero attached hydrogens (tertiary/aromatic N) is 2. The van der Waals surface area contributed by atoms with E-state index in [0.717, 1.165) is 24.2 Å². The van der Waals surface area contributed by atoms with Crippen molar-refractivity contribution in [1.82, 2.24) is 20.0 Å². The van der Waals surface area contributed by atoms with E-state index in [-0.39, 0.29) is 23.6 Å². The highest BCUT2D eigenvalue weighted by Gasteiger charge is 2.21. The summed E-state index contributed by atoms with van der Waals surface area (Å²) >= 11 is 0. The van der Waals surface area contributed by atoms with Gasteiger partial charge < -0.3 is 5.32 Å². The molecule has 1 amide bonds. The molecule has 2 aromatic rings. The molecule has 0 saturated carbocycles. The first-order valence-electron chi connectivity index (χ1n) is 8.82. The Labute approximate surface area is 145 Å². The van der Waals surface area contributed by atoms with Gasteiger partial charge in [0.2, 0.25) is 5.91 Å². The smallest absolute Gasteiger partial charge is 0.273 e. The third kappa shape index (κ3) is 3.82. The summed E-state index contributed by atoms with van der Waals surface area (Å²) < 4.78 is 1.08. The van der Waals surface area contributed by atoms with Crippen LogP contribution in [0.5, 0.6) is 0 Å². The normalized spacial score (nSPS) is 16.2. The molecule has 1 saturated heterocycles. The first kappa shape index (κ1) is 17.4. The lowest BCUT2D eigenvalue weighted by Crippen LogP contribution is -2.44. The highest BCUT2D eigenvalue weighted by Crippen LogP contribution is 2.13. The van der Waals surface area contributed by atoms with Crippen LogP contribution in [0, 0.1) is 0 Å². The number of hydrogen-bond donors (Lipinski definition) is 2. The topological polar surface area (TPSA) is 87.2 Å². The summed E-state index contributed by atoms with van der Waals surface area (Å²) in [7, 11) is 0. The van der Waals surface area contributed by atoms with E-state index < -0.39 is 0 Å². The Hall–Kier alpha value is -2.41. The molecule has 1 aliphatic rings. The third-order valence-electron chi connectivity index (χ3n) is 4.85. The zero-order valence-electron chi connectivity index (χ0n) is 14.5. The number of H-pyrrole nitrogens is 1. The second kappa shape index (κ2) is 7.65. The molecular formula is C18H24N4O3. The van der Waals surface area contributed by atoms with E-state index in [1.807, 2.05) is 0 Å². The maximum Gasteiger partial charge on any atom is 0.273 e. The number of amides is 1. The average Bonchev–Trinajstić information content (AvgIpc) is 3.14. The van der Waals surface area contributed by atoms with Crippen molar-refractivity contribution in [2.75, 3.05) is 19.6 Å². The van der Waals surface area contributed by atoms with Crippen molar-refractivity contribution in [3.63, 3.8) is 0 Å². The van der Waals surface area contributed by atoms with Gasteiger partial charge in [0.1, 0.15) is 6.54 Å². The molecule has 2 N–H and O–H groups in total. The first-order valence-corrected chi connectivity index (χ1v) is 8.82. The second-order valence-electron chi connectivity index (χ2n) is 6.49. The second-order valence-corrected chi connectivity index (χ2v) is 6.49. The number of aromatic amines is 1. The molecule has 0 radical (unpaired) electrons. The number of fused-ring (bicyclic) bond motifs is 1. The third-order valence-corrected chi connectivity index (χ3v) is 4.85. The quantitative estimate of drug-likeness (QED) is 0.807. The van der Waals surface area contributed by atoms with E-state index >= 15 is 0 Å². The molecule has 2 heterocycles. The van der Waals surface area contributed by atoms with Gasteiger partial charge in [-0.25, -0.2) is 4.68 Å². The fraction of sp³-hybridized carbons (Fsp3) is 0.500. The molecule has 1 aliphatic heterocycles. The van der Waals surface area contributed by atoms with Crippen LogP contribution in [0.1, 0.15) is 26.2 Å². The van der Waals surface area contributed by atoms with Gasteiger partial charge in [0, 0.05) is 12.6 Å². The first-order chi connectivity index (χ1) is 12.1. The van der Waals surface area contributed by atoms with Crippen LogP contribution in [-0.4, -0.2) is 46.3 Å². The van der Waals surface area contributed by atoms with Crippen LogP contribution < -0.4 is 16.4 Å². The fourth-order valence-corrected chi connectivity index (χ4v) is 3.43. The van der Waals surface area contributed by atoms with E-state index in [1.54, 1.807) is 24.3 Å². The molecule has 134 valence electrons. The maximum absolute atomic E-state index is 12.4. The van der Waals surface area contributed by atoms with E-state index in [1.165, 1.54) is 12.8 Å². The van der Waals surface area contributed by atoms with Crippen LogP contribution in [0.4, 0.5) is 0 Å². The zero-order valence-corrected chi connectivity index (χ0v) is 14.5. The van der Waals surface area contributed by atoms with Gasteiger partial charge >= 0.3 is 0 Å². The lowest BCUT2D eigenvalue weighted by Gasteiger charge is -2.26. The van der Waals surface area contributed by atoms with E-state index in [9.17, 15) is 14.4 Å². The van der Waals surface area contributed by atoms with Crippen LogP contribution in [0.2, 0.25) is 0 Å². The molecule has 0 bridgehead atoms. The van der Waals surface area contributed by atoms with Crippen LogP contribution in [0.3, 0.4) is 0 Å². The van der Waals surface area contributed by atoms with Gasteiger partial charge in [-0.3, -0.25) is 24.4 Å². The molecule has 0 aliphatic carbocycles. The van der Waals surface area contributed by atoms with Crippen molar-refractivity contribution in [3.8, 4) is 0 Å². The Bertz CT molecular complexity index is 864. The molecule has 1 fully saturated rings. The lowest BCUT2D eigenvalue weighted by molar-refractivity contribution is -0.122. The van der Waals surface area contributed by atoms with Crippen LogP contribution in [-0.2, 0) is 11.3 Å². The summed E-state index contributed by atoms with van der Waals surface area (Å²) in [5.41, 5.74) is -0.733. The number of carbonyl (C=O) groups is 1. The molecule has 7 heteroatoms. The predicted octanol–water partition coefficient (Wildman–Crippen LogP) is 0.680. The predicted molar refractivity (Wildman–Crippen MR) is 96.7 cm³/mol. The SMILES string of the molecule is CCC(CNC(=O)Cn1[nH]c(=O)c2ccccc2c1=O)N1CCCC1. The molecule has 0 spiro atoms. The Morgan fingerprint density at radius 2 is 1.88 bits per heavy atom. The summed E-state index contributed by atoms with van der Waals surface area (Å²) in [6.45, 7) is 4.63. The largest absolute Gasteiger partial charge is 0.353 e.